The van der Waals surface area contributed by atoms with Crippen LogP contribution in [0.15, 0.2) is 12.3 Å². The lowest BCUT2D eigenvalue weighted by atomic mass is 10.2. The standard InChI is InChI=1S/C11H11N5O2/c12-3-6-1-2-14-11(10(6)16(17)18)15-9-7-4-13-5-8(7)9/h1-2,7-9,13H,4-5H2,(H,14,15). The van der Waals surface area contributed by atoms with E-state index < -0.39 is 4.92 Å². The number of aromatic nitrogens is 1. The van der Waals surface area contributed by atoms with E-state index in [9.17, 15) is 10.1 Å². The minimum absolute atomic E-state index is 0.0430. The van der Waals surface area contributed by atoms with E-state index >= 15 is 0 Å². The van der Waals surface area contributed by atoms with Crippen molar-refractivity contribution in [2.24, 2.45) is 11.8 Å². The first-order valence-electron chi connectivity index (χ1n) is 5.73. The van der Waals surface area contributed by atoms with Crippen molar-refractivity contribution in [3.8, 4) is 6.07 Å². The largest absolute Gasteiger partial charge is 0.361 e. The van der Waals surface area contributed by atoms with Gasteiger partial charge in [0.25, 0.3) is 0 Å². The molecule has 2 unspecified atom stereocenters. The van der Waals surface area contributed by atoms with E-state index in [-0.39, 0.29) is 23.1 Å². The van der Waals surface area contributed by atoms with Crippen molar-refractivity contribution in [2.45, 2.75) is 6.04 Å². The van der Waals surface area contributed by atoms with Gasteiger partial charge >= 0.3 is 5.69 Å². The van der Waals surface area contributed by atoms with Crippen LogP contribution in [0.1, 0.15) is 5.56 Å². The number of nitrogens with zero attached hydrogens (tertiary/aromatic N) is 3. The van der Waals surface area contributed by atoms with E-state index in [2.05, 4.69) is 15.6 Å². The molecule has 3 rings (SSSR count). The van der Waals surface area contributed by atoms with Crippen molar-refractivity contribution in [3.05, 3.63) is 27.9 Å². The Kier molecular flexibility index (Phi) is 2.38. The van der Waals surface area contributed by atoms with E-state index in [0.717, 1.165) is 13.1 Å². The Bertz CT molecular complexity index is 543. The third-order valence-electron chi connectivity index (χ3n) is 3.62. The van der Waals surface area contributed by atoms with Crippen LogP contribution in [0.3, 0.4) is 0 Å². The Labute approximate surface area is 103 Å². The van der Waals surface area contributed by atoms with Crippen LogP contribution in [0, 0.1) is 33.3 Å². The van der Waals surface area contributed by atoms with Crippen LogP contribution in [0.2, 0.25) is 0 Å². The number of nitrogens with one attached hydrogen (secondary N) is 2. The van der Waals surface area contributed by atoms with Gasteiger partial charge in [0.15, 0.2) is 0 Å². The van der Waals surface area contributed by atoms with Crippen LogP contribution in [0.4, 0.5) is 11.5 Å². The first kappa shape index (κ1) is 10.9. The molecule has 7 nitrogen and oxygen atoms in total. The molecule has 1 aliphatic heterocycles. The van der Waals surface area contributed by atoms with Crippen molar-refractivity contribution in [1.29, 1.82) is 5.26 Å². The molecule has 0 amide bonds. The van der Waals surface area contributed by atoms with Gasteiger partial charge in [0.1, 0.15) is 11.6 Å². The number of pyridine rings is 1. The summed E-state index contributed by atoms with van der Waals surface area (Å²) in [5.41, 5.74) is -0.181. The molecule has 2 aliphatic rings. The van der Waals surface area contributed by atoms with Gasteiger partial charge in [0.2, 0.25) is 5.82 Å². The summed E-state index contributed by atoms with van der Waals surface area (Å²) in [4.78, 5) is 14.5. The summed E-state index contributed by atoms with van der Waals surface area (Å²) < 4.78 is 0. The molecule has 1 saturated carbocycles. The lowest BCUT2D eigenvalue weighted by molar-refractivity contribution is -0.384. The SMILES string of the molecule is N#Cc1ccnc(NC2C3CNCC32)c1[N+](=O)[O-]. The average molecular weight is 245 g/mol. The third-order valence-corrected chi connectivity index (χ3v) is 3.62. The molecule has 2 fully saturated rings. The second-order valence-electron chi connectivity index (χ2n) is 4.58. The second-order valence-corrected chi connectivity index (χ2v) is 4.58. The van der Waals surface area contributed by atoms with E-state index in [1.807, 2.05) is 6.07 Å². The van der Waals surface area contributed by atoms with E-state index in [1.54, 1.807) is 0 Å². The monoisotopic (exact) mass is 245 g/mol. The van der Waals surface area contributed by atoms with E-state index in [4.69, 9.17) is 5.26 Å². The molecule has 92 valence electrons. The van der Waals surface area contributed by atoms with Crippen molar-refractivity contribution in [3.63, 3.8) is 0 Å². The highest BCUT2D eigenvalue weighted by Gasteiger charge is 2.53. The van der Waals surface area contributed by atoms with Crippen molar-refractivity contribution in [2.75, 3.05) is 18.4 Å². The summed E-state index contributed by atoms with van der Waals surface area (Å²) in [6.45, 7) is 1.88. The highest BCUT2D eigenvalue weighted by molar-refractivity contribution is 5.65. The molecule has 0 spiro atoms. The van der Waals surface area contributed by atoms with Gasteiger partial charge in [-0.25, -0.2) is 4.98 Å². The molecule has 2 atom stereocenters. The minimum atomic E-state index is -0.551. The van der Waals surface area contributed by atoms with Crippen LogP contribution in [-0.2, 0) is 0 Å². The summed E-state index contributed by atoms with van der Waals surface area (Å²) in [5, 5.41) is 26.2. The normalized spacial score (nSPS) is 28.3. The Morgan fingerprint density at radius 1 is 1.56 bits per heavy atom. The first-order valence-corrected chi connectivity index (χ1v) is 5.73. The number of rotatable bonds is 3. The Balaban J connectivity index is 1.88. The fourth-order valence-electron chi connectivity index (χ4n) is 2.62. The quantitative estimate of drug-likeness (QED) is 0.593. The molecular weight excluding hydrogens is 234 g/mol. The molecule has 0 bridgehead atoms. The van der Waals surface area contributed by atoms with Crippen LogP contribution in [0.5, 0.6) is 0 Å². The molecule has 0 radical (unpaired) electrons. The maximum atomic E-state index is 11.0. The fourth-order valence-corrected chi connectivity index (χ4v) is 2.62. The molecule has 1 aromatic rings. The smallest absolute Gasteiger partial charge is 0.328 e. The van der Waals surface area contributed by atoms with Crippen molar-refractivity contribution in [1.82, 2.24) is 10.3 Å². The lowest BCUT2D eigenvalue weighted by Gasteiger charge is -2.08. The molecule has 1 aromatic heterocycles. The zero-order valence-electron chi connectivity index (χ0n) is 9.46. The van der Waals surface area contributed by atoms with Gasteiger partial charge in [-0.2, -0.15) is 5.26 Å². The number of nitriles is 1. The van der Waals surface area contributed by atoms with Crippen LogP contribution in [-0.4, -0.2) is 29.0 Å². The molecule has 1 saturated heterocycles. The summed E-state index contributed by atoms with van der Waals surface area (Å²) in [6, 6.07) is 3.43. The van der Waals surface area contributed by atoms with Crippen LogP contribution in [0.25, 0.3) is 0 Å². The van der Waals surface area contributed by atoms with Gasteiger partial charge in [-0.05, 0) is 17.9 Å². The molecule has 7 heteroatoms. The van der Waals surface area contributed by atoms with Gasteiger partial charge < -0.3 is 10.6 Å². The van der Waals surface area contributed by atoms with Crippen molar-refractivity contribution < 1.29 is 4.92 Å². The highest BCUT2D eigenvalue weighted by atomic mass is 16.6. The fraction of sp³-hybridized carbons (Fsp3) is 0.455. The van der Waals surface area contributed by atoms with Gasteiger partial charge in [-0.15, -0.1) is 0 Å². The van der Waals surface area contributed by atoms with E-state index in [0.29, 0.717) is 11.8 Å². The second kappa shape index (κ2) is 3.92. The van der Waals surface area contributed by atoms with Gasteiger partial charge in [-0.1, -0.05) is 0 Å². The van der Waals surface area contributed by atoms with E-state index in [1.165, 1.54) is 12.3 Å². The Hall–Kier alpha value is -2.20. The predicted molar refractivity (Wildman–Crippen MR) is 62.9 cm³/mol. The maximum absolute atomic E-state index is 11.0. The number of nitro groups is 1. The number of anilines is 1. The summed E-state index contributed by atoms with van der Waals surface area (Å²) >= 11 is 0. The predicted octanol–water partition coefficient (Wildman–Crippen LogP) is 0.491. The average Bonchev–Trinajstić information content (AvgIpc) is 2.81. The van der Waals surface area contributed by atoms with Gasteiger partial charge in [-0.3, -0.25) is 10.1 Å². The zero-order valence-corrected chi connectivity index (χ0v) is 9.46. The number of hydrogen-bond acceptors (Lipinski definition) is 6. The molecule has 0 aromatic carbocycles. The Morgan fingerprint density at radius 3 is 2.89 bits per heavy atom. The van der Waals surface area contributed by atoms with Gasteiger partial charge in [0.05, 0.1) is 4.92 Å². The molecule has 2 N–H and O–H groups in total. The molecular formula is C11H11N5O2. The summed E-state index contributed by atoms with van der Waals surface area (Å²) in [6.07, 6.45) is 1.42. The summed E-state index contributed by atoms with van der Waals surface area (Å²) in [7, 11) is 0. The molecule has 18 heavy (non-hydrogen) atoms. The minimum Gasteiger partial charge on any atom is -0.361 e. The van der Waals surface area contributed by atoms with Crippen LogP contribution >= 0.6 is 0 Å². The number of fused-ring (bicyclic) bond motifs is 1. The number of piperidine rings is 1. The summed E-state index contributed by atoms with van der Waals surface area (Å²) in [5.74, 6) is 1.26. The van der Waals surface area contributed by atoms with Gasteiger partial charge in [0, 0.05) is 25.3 Å². The molecule has 2 heterocycles. The number of hydrogen-bond donors (Lipinski definition) is 2. The maximum Gasteiger partial charge on any atom is 0.328 e. The first-order chi connectivity index (χ1) is 8.72. The third kappa shape index (κ3) is 1.58. The molecule has 1 aliphatic carbocycles. The Morgan fingerprint density at radius 2 is 2.28 bits per heavy atom. The topological polar surface area (TPSA) is 104 Å². The van der Waals surface area contributed by atoms with Crippen molar-refractivity contribution >= 4 is 11.5 Å². The lowest BCUT2D eigenvalue weighted by Crippen LogP contribution is -2.22. The van der Waals surface area contributed by atoms with Crippen LogP contribution < -0.4 is 10.6 Å². The highest BCUT2D eigenvalue weighted by Crippen LogP contribution is 2.44. The zero-order chi connectivity index (χ0) is 12.7.